The molecule has 0 saturated carbocycles. The normalized spacial score (nSPS) is 24.6. The monoisotopic (exact) mass is 321 g/mol. The Labute approximate surface area is 135 Å². The Bertz CT molecular complexity index is 612. The van der Waals surface area contributed by atoms with Gasteiger partial charge in [0.05, 0.1) is 18.8 Å². The van der Waals surface area contributed by atoms with E-state index in [1.807, 2.05) is 0 Å². The summed E-state index contributed by atoms with van der Waals surface area (Å²) in [5.74, 6) is 0.530. The van der Waals surface area contributed by atoms with Crippen LogP contribution in [0.5, 0.6) is 0 Å². The van der Waals surface area contributed by atoms with E-state index in [0.717, 1.165) is 25.0 Å². The van der Waals surface area contributed by atoms with Gasteiger partial charge in [-0.1, -0.05) is 19.0 Å². The maximum absolute atomic E-state index is 12.6. The van der Waals surface area contributed by atoms with Crippen LogP contribution in [0.15, 0.2) is 10.6 Å². The van der Waals surface area contributed by atoms with Crippen LogP contribution in [0.2, 0.25) is 0 Å². The summed E-state index contributed by atoms with van der Waals surface area (Å²) in [5.41, 5.74) is 0.211. The number of hydrogen-bond donors (Lipinski definition) is 0. The number of ether oxygens (including phenoxy) is 1. The lowest BCUT2D eigenvalue weighted by molar-refractivity contribution is -0.00646. The predicted molar refractivity (Wildman–Crippen MR) is 82.0 cm³/mol. The van der Waals surface area contributed by atoms with E-state index < -0.39 is 5.60 Å². The predicted octanol–water partition coefficient (Wildman–Crippen LogP) is 1.93. The number of carbonyl (C=O) groups is 2. The second-order valence-corrected chi connectivity index (χ2v) is 7.02. The average Bonchev–Trinajstić information content (AvgIpc) is 3.03. The molecule has 7 heteroatoms. The molecule has 0 aromatic carbocycles. The highest BCUT2D eigenvalue weighted by Crippen LogP contribution is 2.32. The number of carbonyl (C=O) groups excluding carboxylic acids is 2. The summed E-state index contributed by atoms with van der Waals surface area (Å²) in [4.78, 5) is 27.6. The van der Waals surface area contributed by atoms with Crippen molar-refractivity contribution in [3.63, 3.8) is 0 Å². The summed E-state index contributed by atoms with van der Waals surface area (Å²) in [5, 5.41) is 3.97. The molecule has 2 amide bonds. The highest BCUT2D eigenvalue weighted by atomic mass is 16.6. The van der Waals surface area contributed by atoms with Crippen molar-refractivity contribution in [2.45, 2.75) is 38.7 Å². The molecule has 1 atom stereocenters. The Morgan fingerprint density at radius 2 is 2.22 bits per heavy atom. The summed E-state index contributed by atoms with van der Waals surface area (Å²) in [6, 6.07) is 1.72. The third kappa shape index (κ3) is 3.18. The first-order valence-electron chi connectivity index (χ1n) is 8.07. The number of rotatable bonds is 3. The number of nitrogens with zero attached hydrogens (tertiary/aromatic N) is 3. The molecule has 126 valence electrons. The van der Waals surface area contributed by atoms with E-state index in [1.54, 1.807) is 22.9 Å². The van der Waals surface area contributed by atoms with Crippen LogP contribution in [0.25, 0.3) is 0 Å². The first-order valence-corrected chi connectivity index (χ1v) is 8.07. The molecule has 2 fully saturated rings. The summed E-state index contributed by atoms with van der Waals surface area (Å²) < 4.78 is 10.7. The SMILES string of the molecule is CC(C)Cc1cc(C(=O)N2CCCC3(CN(C)C(=O)O3)C2)on1. The largest absolute Gasteiger partial charge is 0.439 e. The average molecular weight is 321 g/mol. The third-order valence-electron chi connectivity index (χ3n) is 4.35. The lowest BCUT2D eigenvalue weighted by Crippen LogP contribution is -2.52. The van der Waals surface area contributed by atoms with Crippen molar-refractivity contribution in [1.82, 2.24) is 15.0 Å². The lowest BCUT2D eigenvalue weighted by Gasteiger charge is -2.37. The van der Waals surface area contributed by atoms with Crippen LogP contribution < -0.4 is 0 Å². The van der Waals surface area contributed by atoms with E-state index in [4.69, 9.17) is 9.26 Å². The molecule has 23 heavy (non-hydrogen) atoms. The van der Waals surface area contributed by atoms with Crippen LogP contribution in [0, 0.1) is 5.92 Å². The number of likely N-dealkylation sites (tertiary alicyclic amines) is 1. The standard InChI is InChI=1S/C16H23N3O4/c1-11(2)7-12-8-13(23-17-12)14(20)19-6-4-5-16(10-19)9-18(3)15(21)22-16/h8,11H,4-7,9-10H2,1-3H3. The molecular formula is C16H23N3O4. The zero-order chi connectivity index (χ0) is 16.6. The number of likely N-dealkylation sites (N-methyl/N-ethyl adjacent to an activating group) is 1. The summed E-state index contributed by atoms with van der Waals surface area (Å²) in [7, 11) is 1.71. The molecule has 3 heterocycles. The quantitative estimate of drug-likeness (QED) is 0.850. The Morgan fingerprint density at radius 1 is 1.43 bits per heavy atom. The Balaban J connectivity index is 1.70. The van der Waals surface area contributed by atoms with E-state index in [0.29, 0.717) is 25.6 Å². The summed E-state index contributed by atoms with van der Waals surface area (Å²) >= 11 is 0. The van der Waals surface area contributed by atoms with Crippen molar-refractivity contribution < 1.29 is 18.8 Å². The molecule has 0 aliphatic carbocycles. The Hall–Kier alpha value is -2.05. The van der Waals surface area contributed by atoms with Crippen LogP contribution in [0.3, 0.4) is 0 Å². The highest BCUT2D eigenvalue weighted by Gasteiger charge is 2.47. The fourth-order valence-electron chi connectivity index (χ4n) is 3.36. The van der Waals surface area contributed by atoms with Gasteiger partial charge in [-0.3, -0.25) is 4.79 Å². The van der Waals surface area contributed by atoms with E-state index in [1.165, 1.54) is 0 Å². The molecule has 2 aliphatic heterocycles. The second-order valence-electron chi connectivity index (χ2n) is 7.02. The molecule has 0 N–H and O–H groups in total. The molecule has 7 nitrogen and oxygen atoms in total. The molecule has 2 aliphatic rings. The fraction of sp³-hybridized carbons (Fsp3) is 0.688. The zero-order valence-electron chi connectivity index (χ0n) is 13.9. The first-order chi connectivity index (χ1) is 10.9. The van der Waals surface area contributed by atoms with Crippen molar-refractivity contribution in [2.75, 3.05) is 26.7 Å². The van der Waals surface area contributed by atoms with Crippen molar-refractivity contribution in [3.8, 4) is 0 Å². The van der Waals surface area contributed by atoms with Gasteiger partial charge in [-0.05, 0) is 25.2 Å². The van der Waals surface area contributed by atoms with Crippen molar-refractivity contribution >= 4 is 12.0 Å². The molecule has 0 radical (unpaired) electrons. The van der Waals surface area contributed by atoms with Crippen molar-refractivity contribution in [3.05, 3.63) is 17.5 Å². The van der Waals surface area contributed by atoms with Gasteiger partial charge in [0.1, 0.15) is 5.60 Å². The molecule has 1 aromatic heterocycles. The van der Waals surface area contributed by atoms with Crippen LogP contribution in [0.1, 0.15) is 42.9 Å². The summed E-state index contributed by atoms with van der Waals surface area (Å²) in [6.45, 7) is 5.75. The number of amides is 2. The van der Waals surface area contributed by atoms with Crippen LogP contribution in [-0.2, 0) is 11.2 Å². The fourth-order valence-corrected chi connectivity index (χ4v) is 3.36. The summed E-state index contributed by atoms with van der Waals surface area (Å²) in [6.07, 6.45) is 2.04. The highest BCUT2D eigenvalue weighted by molar-refractivity contribution is 5.91. The van der Waals surface area contributed by atoms with Gasteiger partial charge >= 0.3 is 6.09 Å². The van der Waals surface area contributed by atoms with Gasteiger partial charge in [-0.2, -0.15) is 0 Å². The topological polar surface area (TPSA) is 75.9 Å². The minimum absolute atomic E-state index is 0.183. The van der Waals surface area contributed by atoms with Crippen LogP contribution in [-0.4, -0.2) is 59.2 Å². The molecule has 1 unspecified atom stereocenters. The van der Waals surface area contributed by atoms with Gasteiger partial charge in [-0.25, -0.2) is 4.79 Å². The molecule has 1 spiro atoms. The van der Waals surface area contributed by atoms with Crippen LogP contribution >= 0.6 is 0 Å². The van der Waals surface area contributed by atoms with Gasteiger partial charge < -0.3 is 19.1 Å². The van der Waals surface area contributed by atoms with Crippen molar-refractivity contribution in [2.24, 2.45) is 5.92 Å². The maximum Gasteiger partial charge on any atom is 0.410 e. The Morgan fingerprint density at radius 3 is 2.87 bits per heavy atom. The molecule has 3 rings (SSSR count). The van der Waals surface area contributed by atoms with E-state index in [2.05, 4.69) is 19.0 Å². The molecule has 0 bridgehead atoms. The van der Waals surface area contributed by atoms with Gasteiger partial charge in [0.15, 0.2) is 0 Å². The molecule has 2 saturated heterocycles. The maximum atomic E-state index is 12.6. The van der Waals surface area contributed by atoms with Crippen molar-refractivity contribution in [1.29, 1.82) is 0 Å². The number of piperidine rings is 1. The number of aromatic nitrogens is 1. The third-order valence-corrected chi connectivity index (χ3v) is 4.35. The molecule has 1 aromatic rings. The van der Waals surface area contributed by atoms with E-state index in [-0.39, 0.29) is 17.8 Å². The van der Waals surface area contributed by atoms with Crippen LogP contribution in [0.4, 0.5) is 4.79 Å². The van der Waals surface area contributed by atoms with E-state index >= 15 is 0 Å². The van der Waals surface area contributed by atoms with Gasteiger partial charge in [0, 0.05) is 19.7 Å². The smallest absolute Gasteiger partial charge is 0.410 e. The number of hydrogen-bond acceptors (Lipinski definition) is 5. The first kappa shape index (κ1) is 15.8. The van der Waals surface area contributed by atoms with E-state index in [9.17, 15) is 9.59 Å². The minimum atomic E-state index is -0.583. The van der Waals surface area contributed by atoms with Gasteiger partial charge in [-0.15, -0.1) is 0 Å². The molecular weight excluding hydrogens is 298 g/mol. The second kappa shape index (κ2) is 5.86. The minimum Gasteiger partial charge on any atom is -0.439 e. The lowest BCUT2D eigenvalue weighted by atomic mass is 9.92. The zero-order valence-corrected chi connectivity index (χ0v) is 13.9. The van der Waals surface area contributed by atoms with Gasteiger partial charge in [0.2, 0.25) is 5.76 Å². The van der Waals surface area contributed by atoms with Gasteiger partial charge in [0.25, 0.3) is 5.91 Å². The Kier molecular flexibility index (Phi) is 4.04.